The molecule has 2 heterocycles. The molecule has 0 atom stereocenters. The van der Waals surface area contributed by atoms with Gasteiger partial charge in [-0.3, -0.25) is 9.67 Å². The minimum absolute atomic E-state index is 0.375. The molecule has 0 aliphatic rings. The summed E-state index contributed by atoms with van der Waals surface area (Å²) in [6, 6.07) is 3.86. The molecule has 0 aromatic carbocycles. The van der Waals surface area contributed by atoms with Crippen LogP contribution in [0.2, 0.25) is 0 Å². The molecule has 2 aromatic rings. The number of alkyl carbamates (subject to hydrolysis) is 1. The quantitative estimate of drug-likeness (QED) is 0.888. The van der Waals surface area contributed by atoms with Crippen LogP contribution in [0.25, 0.3) is 11.1 Å². The van der Waals surface area contributed by atoms with Crippen LogP contribution < -0.4 is 5.32 Å². The Bertz CT molecular complexity index is 524. The second kappa shape index (κ2) is 6.53. The van der Waals surface area contributed by atoms with E-state index in [2.05, 4.69) is 15.4 Å². The lowest BCUT2D eigenvalue weighted by atomic mass is 10.1. The van der Waals surface area contributed by atoms with Gasteiger partial charge in [0.05, 0.1) is 19.3 Å². The van der Waals surface area contributed by atoms with Gasteiger partial charge < -0.3 is 10.1 Å². The number of nitrogens with zero attached hydrogens (tertiary/aromatic N) is 3. The molecule has 0 bridgehead atoms. The van der Waals surface area contributed by atoms with Crippen molar-refractivity contribution in [1.82, 2.24) is 20.1 Å². The number of pyridine rings is 1. The summed E-state index contributed by atoms with van der Waals surface area (Å²) >= 11 is 0. The number of aromatic nitrogens is 3. The van der Waals surface area contributed by atoms with Crippen LogP contribution in [0.4, 0.5) is 4.79 Å². The zero-order valence-electron chi connectivity index (χ0n) is 10.7. The SMILES string of the molecule is CCOC(=O)NCCn1cc(-c2ccncc2)cn1. The van der Waals surface area contributed by atoms with Crippen molar-refractivity contribution in [3.8, 4) is 11.1 Å². The number of hydrogen-bond donors (Lipinski definition) is 1. The third kappa shape index (κ3) is 3.80. The van der Waals surface area contributed by atoms with Crippen LogP contribution in [-0.2, 0) is 11.3 Å². The van der Waals surface area contributed by atoms with Gasteiger partial charge in [-0.1, -0.05) is 0 Å². The zero-order chi connectivity index (χ0) is 13.5. The molecule has 0 radical (unpaired) electrons. The van der Waals surface area contributed by atoms with Gasteiger partial charge in [0, 0.05) is 30.7 Å². The summed E-state index contributed by atoms with van der Waals surface area (Å²) in [6.07, 6.45) is 6.82. The number of rotatable bonds is 5. The first-order chi connectivity index (χ1) is 9.29. The van der Waals surface area contributed by atoms with Crippen molar-refractivity contribution >= 4 is 6.09 Å². The summed E-state index contributed by atoms with van der Waals surface area (Å²) in [4.78, 5) is 15.1. The van der Waals surface area contributed by atoms with Crippen molar-refractivity contribution < 1.29 is 9.53 Å². The van der Waals surface area contributed by atoms with Gasteiger partial charge >= 0.3 is 6.09 Å². The van der Waals surface area contributed by atoms with E-state index in [9.17, 15) is 4.79 Å². The van der Waals surface area contributed by atoms with E-state index in [1.54, 1.807) is 30.2 Å². The fourth-order valence-electron chi connectivity index (χ4n) is 1.63. The Labute approximate surface area is 111 Å². The minimum atomic E-state index is -0.399. The summed E-state index contributed by atoms with van der Waals surface area (Å²) in [6.45, 7) is 3.23. The molecule has 6 nitrogen and oxygen atoms in total. The first-order valence-electron chi connectivity index (χ1n) is 6.13. The standard InChI is InChI=1S/C13H16N4O2/c1-2-19-13(18)15-7-8-17-10-12(9-16-17)11-3-5-14-6-4-11/h3-6,9-10H,2,7-8H2,1H3,(H,15,18). The molecule has 0 saturated heterocycles. The fourth-order valence-corrected chi connectivity index (χ4v) is 1.63. The minimum Gasteiger partial charge on any atom is -0.450 e. The molecule has 100 valence electrons. The van der Waals surface area contributed by atoms with Gasteiger partial charge in [0.1, 0.15) is 0 Å². The van der Waals surface area contributed by atoms with Crippen molar-refractivity contribution in [1.29, 1.82) is 0 Å². The molecule has 1 amide bonds. The lowest BCUT2D eigenvalue weighted by Crippen LogP contribution is -2.27. The Kier molecular flexibility index (Phi) is 4.49. The Morgan fingerprint density at radius 1 is 1.37 bits per heavy atom. The molecule has 0 unspecified atom stereocenters. The highest BCUT2D eigenvalue weighted by Gasteiger charge is 2.02. The van der Waals surface area contributed by atoms with E-state index in [1.165, 1.54) is 0 Å². The topological polar surface area (TPSA) is 69.0 Å². The number of nitrogens with one attached hydrogen (secondary N) is 1. The fraction of sp³-hybridized carbons (Fsp3) is 0.308. The Morgan fingerprint density at radius 3 is 2.89 bits per heavy atom. The summed E-state index contributed by atoms with van der Waals surface area (Å²) < 4.78 is 6.55. The van der Waals surface area contributed by atoms with Crippen molar-refractivity contribution in [2.45, 2.75) is 13.5 Å². The predicted molar refractivity (Wildman–Crippen MR) is 70.5 cm³/mol. The summed E-state index contributed by atoms with van der Waals surface area (Å²) in [5, 5.41) is 6.89. The summed E-state index contributed by atoms with van der Waals surface area (Å²) in [5.41, 5.74) is 2.10. The Morgan fingerprint density at radius 2 is 2.16 bits per heavy atom. The third-order valence-electron chi connectivity index (χ3n) is 2.53. The van der Waals surface area contributed by atoms with E-state index in [-0.39, 0.29) is 0 Å². The monoisotopic (exact) mass is 260 g/mol. The van der Waals surface area contributed by atoms with Gasteiger partial charge in [-0.15, -0.1) is 0 Å². The molecule has 2 rings (SSSR count). The molecule has 0 fully saturated rings. The van der Waals surface area contributed by atoms with Crippen LogP contribution in [0.15, 0.2) is 36.9 Å². The summed E-state index contributed by atoms with van der Waals surface area (Å²) in [5.74, 6) is 0. The van der Waals surface area contributed by atoms with E-state index in [1.807, 2.05) is 18.3 Å². The molecular formula is C13H16N4O2. The lowest BCUT2D eigenvalue weighted by Gasteiger charge is -2.04. The maximum Gasteiger partial charge on any atom is 0.407 e. The van der Waals surface area contributed by atoms with Crippen LogP contribution >= 0.6 is 0 Å². The van der Waals surface area contributed by atoms with Crippen LogP contribution in [0, 0.1) is 0 Å². The van der Waals surface area contributed by atoms with Gasteiger partial charge in [0.2, 0.25) is 0 Å². The Hall–Kier alpha value is -2.37. The molecule has 19 heavy (non-hydrogen) atoms. The highest BCUT2D eigenvalue weighted by molar-refractivity contribution is 5.67. The lowest BCUT2D eigenvalue weighted by molar-refractivity contribution is 0.151. The molecule has 0 saturated carbocycles. The first kappa shape index (κ1) is 13.1. The highest BCUT2D eigenvalue weighted by Crippen LogP contribution is 2.16. The number of carbonyl (C=O) groups is 1. The zero-order valence-corrected chi connectivity index (χ0v) is 10.7. The Balaban J connectivity index is 1.86. The molecule has 1 N–H and O–H groups in total. The first-order valence-corrected chi connectivity index (χ1v) is 6.13. The largest absolute Gasteiger partial charge is 0.450 e. The van der Waals surface area contributed by atoms with E-state index in [4.69, 9.17) is 4.74 Å². The molecule has 0 aliphatic carbocycles. The number of ether oxygens (including phenoxy) is 1. The van der Waals surface area contributed by atoms with Crippen molar-refractivity contribution in [3.63, 3.8) is 0 Å². The van der Waals surface area contributed by atoms with Gasteiger partial charge in [-0.25, -0.2) is 4.79 Å². The predicted octanol–water partition coefficient (Wildman–Crippen LogP) is 1.69. The van der Waals surface area contributed by atoms with Crippen molar-refractivity contribution in [2.24, 2.45) is 0 Å². The maximum atomic E-state index is 11.1. The summed E-state index contributed by atoms with van der Waals surface area (Å²) in [7, 11) is 0. The third-order valence-corrected chi connectivity index (χ3v) is 2.53. The molecule has 0 spiro atoms. The van der Waals surface area contributed by atoms with Crippen LogP contribution in [0.1, 0.15) is 6.92 Å². The van der Waals surface area contributed by atoms with Crippen LogP contribution in [-0.4, -0.2) is 34.0 Å². The smallest absolute Gasteiger partial charge is 0.407 e. The van der Waals surface area contributed by atoms with Crippen LogP contribution in [0.3, 0.4) is 0 Å². The number of amides is 1. The van der Waals surface area contributed by atoms with Gasteiger partial charge in [0.25, 0.3) is 0 Å². The van der Waals surface area contributed by atoms with E-state index < -0.39 is 6.09 Å². The van der Waals surface area contributed by atoms with Crippen molar-refractivity contribution in [2.75, 3.05) is 13.2 Å². The highest BCUT2D eigenvalue weighted by atomic mass is 16.5. The van der Waals surface area contributed by atoms with Crippen molar-refractivity contribution in [3.05, 3.63) is 36.9 Å². The van der Waals surface area contributed by atoms with Crippen LogP contribution in [0.5, 0.6) is 0 Å². The average molecular weight is 260 g/mol. The molecule has 0 aliphatic heterocycles. The number of carbonyl (C=O) groups excluding carboxylic acids is 1. The second-order valence-corrected chi connectivity index (χ2v) is 3.88. The average Bonchev–Trinajstić information content (AvgIpc) is 2.89. The molecule has 6 heteroatoms. The van der Waals surface area contributed by atoms with E-state index in [0.717, 1.165) is 11.1 Å². The van der Waals surface area contributed by atoms with E-state index >= 15 is 0 Å². The molecule has 2 aromatic heterocycles. The maximum absolute atomic E-state index is 11.1. The van der Waals surface area contributed by atoms with Gasteiger partial charge in [0.15, 0.2) is 0 Å². The molecular weight excluding hydrogens is 244 g/mol. The van der Waals surface area contributed by atoms with Gasteiger partial charge in [-0.05, 0) is 24.6 Å². The van der Waals surface area contributed by atoms with Gasteiger partial charge in [-0.2, -0.15) is 5.10 Å². The van der Waals surface area contributed by atoms with E-state index in [0.29, 0.717) is 19.7 Å². The second-order valence-electron chi connectivity index (χ2n) is 3.88. The normalized spacial score (nSPS) is 10.2. The number of hydrogen-bond acceptors (Lipinski definition) is 4.